The maximum absolute atomic E-state index is 13.9. The van der Waals surface area contributed by atoms with Gasteiger partial charge in [0.05, 0.1) is 23.8 Å². The van der Waals surface area contributed by atoms with Crippen LogP contribution in [0.5, 0.6) is 11.5 Å². The number of rotatable bonds is 10. The lowest BCUT2D eigenvalue weighted by atomic mass is 10.1. The molecule has 5 rings (SSSR count). The number of nitrogens with zero attached hydrogens (tertiary/aromatic N) is 2. The normalized spacial score (nSPS) is 12.0. The lowest BCUT2D eigenvalue weighted by molar-refractivity contribution is -0.133. The summed E-state index contributed by atoms with van der Waals surface area (Å²) in [5, 5.41) is 1.25. The highest BCUT2D eigenvalue weighted by molar-refractivity contribution is 6.31. The molecule has 0 spiro atoms. The van der Waals surface area contributed by atoms with Gasteiger partial charge in [0.1, 0.15) is 12.1 Å². The summed E-state index contributed by atoms with van der Waals surface area (Å²) in [6.45, 7) is 2.51. The molecule has 0 aliphatic carbocycles. The van der Waals surface area contributed by atoms with Crippen molar-refractivity contribution in [2.45, 2.75) is 32.9 Å². The van der Waals surface area contributed by atoms with Crippen molar-refractivity contribution in [3.8, 4) is 11.5 Å². The second kappa shape index (κ2) is 12.7. The van der Waals surface area contributed by atoms with Gasteiger partial charge in [-0.1, -0.05) is 42.6 Å². The fraction of sp³-hybridized carbons (Fsp3) is 0.258. The molecule has 212 valence electrons. The minimum atomic E-state index is -0.327. The van der Waals surface area contributed by atoms with Crippen molar-refractivity contribution in [2.24, 2.45) is 0 Å². The van der Waals surface area contributed by atoms with Crippen LogP contribution in [0.4, 0.5) is 0 Å². The van der Waals surface area contributed by atoms with Crippen LogP contribution in [-0.2, 0) is 17.9 Å². The summed E-state index contributed by atoms with van der Waals surface area (Å²) >= 11 is 12.1. The zero-order valence-electron chi connectivity index (χ0n) is 22.4. The third-order valence-corrected chi connectivity index (χ3v) is 7.30. The molecule has 3 aromatic carbocycles. The van der Waals surface area contributed by atoms with Gasteiger partial charge in [-0.05, 0) is 66.6 Å². The number of benzene rings is 3. The van der Waals surface area contributed by atoms with Gasteiger partial charge >= 0.3 is 0 Å². The van der Waals surface area contributed by atoms with Gasteiger partial charge in [0, 0.05) is 28.7 Å². The average Bonchev–Trinajstić information content (AvgIpc) is 3.44. The Morgan fingerprint density at radius 2 is 1.63 bits per heavy atom. The molecule has 2 amide bonds. The van der Waals surface area contributed by atoms with E-state index in [0.717, 1.165) is 18.4 Å². The second-order valence-electron chi connectivity index (χ2n) is 9.76. The van der Waals surface area contributed by atoms with Gasteiger partial charge < -0.3 is 23.7 Å². The molecule has 0 unspecified atom stereocenters. The first-order chi connectivity index (χ1) is 19.8. The van der Waals surface area contributed by atoms with Crippen molar-refractivity contribution in [2.75, 3.05) is 19.9 Å². The molecular weight excluding hydrogens is 567 g/mol. The molecular formula is C31H28Cl2N2O6. The number of fused-ring (bicyclic) bond motifs is 2. The molecule has 4 aromatic rings. The van der Waals surface area contributed by atoms with Crippen molar-refractivity contribution in [1.82, 2.24) is 9.80 Å². The number of unbranched alkanes of at least 4 members (excludes halogenated alkanes) is 1. The Morgan fingerprint density at radius 3 is 2.41 bits per heavy atom. The molecule has 10 heteroatoms. The van der Waals surface area contributed by atoms with Gasteiger partial charge in [-0.3, -0.25) is 14.4 Å². The standard InChI is InChI=1S/C31H28Cl2N2O6/c1-2-3-12-34(31(38)21-5-7-23(32)8-6-21)17-29(36)35(15-20-4-10-27-28(13-20)41-19-40-27)16-22-18-39-26-11-9-24(33)14-25(26)30(22)37/h4-11,13-14,18H,2-3,12,15-17,19H2,1H3. The monoisotopic (exact) mass is 594 g/mol. The average molecular weight is 595 g/mol. The van der Waals surface area contributed by atoms with Crippen LogP contribution in [0.3, 0.4) is 0 Å². The summed E-state index contributed by atoms with van der Waals surface area (Å²) in [5.41, 5.74) is 1.62. The van der Waals surface area contributed by atoms with E-state index in [1.165, 1.54) is 16.1 Å². The molecule has 1 aliphatic heterocycles. The molecule has 0 saturated heterocycles. The summed E-state index contributed by atoms with van der Waals surface area (Å²) in [4.78, 5) is 43.7. The molecule has 0 atom stereocenters. The highest BCUT2D eigenvalue weighted by Gasteiger charge is 2.25. The van der Waals surface area contributed by atoms with Crippen molar-refractivity contribution in [1.29, 1.82) is 0 Å². The lowest BCUT2D eigenvalue weighted by Crippen LogP contribution is -2.43. The fourth-order valence-electron chi connectivity index (χ4n) is 4.59. The summed E-state index contributed by atoms with van der Waals surface area (Å²) < 4.78 is 16.6. The Bertz CT molecular complexity index is 1640. The van der Waals surface area contributed by atoms with E-state index in [4.69, 9.17) is 37.1 Å². The molecule has 0 radical (unpaired) electrons. The van der Waals surface area contributed by atoms with Crippen molar-refractivity contribution >= 4 is 46.0 Å². The maximum Gasteiger partial charge on any atom is 0.254 e. The molecule has 41 heavy (non-hydrogen) atoms. The van der Waals surface area contributed by atoms with E-state index in [0.29, 0.717) is 44.6 Å². The zero-order valence-corrected chi connectivity index (χ0v) is 23.9. The van der Waals surface area contributed by atoms with Gasteiger partial charge in [-0.2, -0.15) is 0 Å². The van der Waals surface area contributed by atoms with Gasteiger partial charge in [0.25, 0.3) is 5.91 Å². The minimum absolute atomic E-state index is 0.0329. The Balaban J connectivity index is 1.45. The number of amides is 2. The molecule has 0 saturated carbocycles. The molecule has 0 bridgehead atoms. The first-order valence-electron chi connectivity index (χ1n) is 13.2. The Hall–Kier alpha value is -4.01. The van der Waals surface area contributed by atoms with Crippen LogP contribution >= 0.6 is 23.2 Å². The van der Waals surface area contributed by atoms with E-state index in [1.807, 2.05) is 13.0 Å². The molecule has 2 heterocycles. The van der Waals surface area contributed by atoms with Gasteiger partial charge in [0.2, 0.25) is 12.7 Å². The third-order valence-electron chi connectivity index (χ3n) is 6.82. The lowest BCUT2D eigenvalue weighted by Gasteiger charge is -2.28. The zero-order chi connectivity index (χ0) is 28.9. The van der Waals surface area contributed by atoms with E-state index in [1.54, 1.807) is 54.6 Å². The van der Waals surface area contributed by atoms with Crippen LogP contribution in [0.2, 0.25) is 10.0 Å². The number of hydrogen-bond acceptors (Lipinski definition) is 6. The molecule has 0 fully saturated rings. The van der Waals surface area contributed by atoms with E-state index in [9.17, 15) is 14.4 Å². The number of hydrogen-bond donors (Lipinski definition) is 0. The van der Waals surface area contributed by atoms with Crippen molar-refractivity contribution < 1.29 is 23.5 Å². The highest BCUT2D eigenvalue weighted by atomic mass is 35.5. The van der Waals surface area contributed by atoms with E-state index < -0.39 is 0 Å². The quantitative estimate of drug-likeness (QED) is 0.214. The summed E-state index contributed by atoms with van der Waals surface area (Å²) in [7, 11) is 0. The molecule has 1 aromatic heterocycles. The van der Waals surface area contributed by atoms with Crippen LogP contribution in [0, 0.1) is 0 Å². The molecule has 1 aliphatic rings. The van der Waals surface area contributed by atoms with Gasteiger partial charge in [0.15, 0.2) is 16.9 Å². The summed E-state index contributed by atoms with van der Waals surface area (Å²) in [6, 6.07) is 16.8. The SMILES string of the molecule is CCCCN(CC(=O)N(Cc1ccc2c(c1)OCO2)Cc1coc2ccc(Cl)cc2c1=O)C(=O)c1ccc(Cl)cc1. The molecule has 8 nitrogen and oxygen atoms in total. The smallest absolute Gasteiger partial charge is 0.254 e. The van der Waals surface area contributed by atoms with Crippen LogP contribution < -0.4 is 14.9 Å². The third kappa shape index (κ3) is 6.66. The Morgan fingerprint density at radius 1 is 0.878 bits per heavy atom. The van der Waals surface area contributed by atoms with E-state index in [-0.39, 0.29) is 49.2 Å². The fourth-order valence-corrected chi connectivity index (χ4v) is 4.89. The van der Waals surface area contributed by atoms with Crippen molar-refractivity contribution in [3.05, 3.63) is 104 Å². The topological polar surface area (TPSA) is 89.3 Å². The summed E-state index contributed by atoms with van der Waals surface area (Å²) in [5.74, 6) is 0.605. The van der Waals surface area contributed by atoms with Crippen molar-refractivity contribution in [3.63, 3.8) is 0 Å². The van der Waals surface area contributed by atoms with Gasteiger partial charge in [-0.15, -0.1) is 0 Å². The van der Waals surface area contributed by atoms with E-state index in [2.05, 4.69) is 0 Å². The van der Waals surface area contributed by atoms with Gasteiger partial charge in [-0.25, -0.2) is 0 Å². The number of carbonyl (C=O) groups excluding carboxylic acids is 2. The Kier molecular flexibility index (Phi) is 8.81. The summed E-state index contributed by atoms with van der Waals surface area (Å²) in [6.07, 6.45) is 2.94. The highest BCUT2D eigenvalue weighted by Crippen LogP contribution is 2.33. The molecule has 0 N–H and O–H groups in total. The maximum atomic E-state index is 13.9. The van der Waals surface area contributed by atoms with Crippen LogP contribution in [0.1, 0.15) is 41.3 Å². The minimum Gasteiger partial charge on any atom is -0.464 e. The number of halogens is 2. The van der Waals surface area contributed by atoms with Crippen LogP contribution in [-0.4, -0.2) is 41.5 Å². The largest absolute Gasteiger partial charge is 0.464 e. The number of ether oxygens (including phenoxy) is 2. The Labute approximate surface area is 247 Å². The predicted molar refractivity (Wildman–Crippen MR) is 157 cm³/mol. The van der Waals surface area contributed by atoms with Crippen LogP contribution in [0.15, 0.2) is 76.1 Å². The number of carbonyl (C=O) groups is 2. The first kappa shape index (κ1) is 28.5. The van der Waals surface area contributed by atoms with E-state index >= 15 is 0 Å². The second-order valence-corrected chi connectivity index (χ2v) is 10.6. The predicted octanol–water partition coefficient (Wildman–Crippen LogP) is 6.30. The first-order valence-corrected chi connectivity index (χ1v) is 14.0. The van der Waals surface area contributed by atoms with Crippen LogP contribution in [0.25, 0.3) is 11.0 Å².